The fourth-order valence-electron chi connectivity index (χ4n) is 4.46. The number of hydrogen-bond donors (Lipinski definition) is 3. The van der Waals surface area contributed by atoms with Gasteiger partial charge in [-0.25, -0.2) is 4.79 Å². The molecule has 0 radical (unpaired) electrons. The standard InChI is InChI=1S/C28H32N2O4/c31-19-24-10-6-22(7-11-24)17-29-15-14-27(33)26(16-21-4-2-1-3-5-21)30(28(29)34)18-23-8-12-25(20-32)13-9-23/h1-13,26-27,31-33H,14-20H2. The Morgan fingerprint density at radius 1 is 0.706 bits per heavy atom. The van der Waals surface area contributed by atoms with Crippen LogP contribution in [0.4, 0.5) is 4.79 Å². The number of amides is 2. The van der Waals surface area contributed by atoms with E-state index in [0.29, 0.717) is 32.5 Å². The van der Waals surface area contributed by atoms with Crippen molar-refractivity contribution in [2.75, 3.05) is 6.54 Å². The number of benzene rings is 3. The molecule has 3 aromatic rings. The van der Waals surface area contributed by atoms with Crippen LogP contribution >= 0.6 is 0 Å². The average Bonchev–Trinajstić information content (AvgIpc) is 2.98. The number of nitrogens with zero attached hydrogens (tertiary/aromatic N) is 2. The molecule has 0 bridgehead atoms. The first-order valence-electron chi connectivity index (χ1n) is 11.7. The van der Waals surface area contributed by atoms with Crippen LogP contribution in [-0.2, 0) is 32.7 Å². The Bertz CT molecular complexity index is 1050. The molecule has 178 valence electrons. The van der Waals surface area contributed by atoms with E-state index in [1.54, 1.807) is 9.80 Å². The summed E-state index contributed by atoms with van der Waals surface area (Å²) in [6.45, 7) is 1.24. The maximum absolute atomic E-state index is 13.8. The fraction of sp³-hybridized carbons (Fsp3) is 0.321. The number of rotatable bonds is 8. The van der Waals surface area contributed by atoms with Crippen LogP contribution in [-0.4, -0.2) is 49.8 Å². The highest BCUT2D eigenvalue weighted by Crippen LogP contribution is 2.25. The first-order valence-corrected chi connectivity index (χ1v) is 11.7. The van der Waals surface area contributed by atoms with Gasteiger partial charge in [0.05, 0.1) is 25.4 Å². The number of urea groups is 1. The van der Waals surface area contributed by atoms with Gasteiger partial charge >= 0.3 is 6.03 Å². The predicted octanol–water partition coefficient (Wildman–Crippen LogP) is 3.47. The van der Waals surface area contributed by atoms with E-state index in [2.05, 4.69) is 0 Å². The van der Waals surface area contributed by atoms with Crippen LogP contribution in [0.25, 0.3) is 0 Å². The van der Waals surface area contributed by atoms with Gasteiger partial charge in [-0.05, 0) is 40.7 Å². The molecule has 34 heavy (non-hydrogen) atoms. The van der Waals surface area contributed by atoms with Crippen molar-refractivity contribution in [3.05, 3.63) is 107 Å². The van der Waals surface area contributed by atoms with Gasteiger partial charge in [-0.3, -0.25) is 0 Å². The van der Waals surface area contributed by atoms with E-state index in [1.807, 2.05) is 78.9 Å². The lowest BCUT2D eigenvalue weighted by molar-refractivity contribution is 0.0679. The summed E-state index contributed by atoms with van der Waals surface area (Å²) in [4.78, 5) is 17.4. The first-order chi connectivity index (χ1) is 16.6. The van der Waals surface area contributed by atoms with E-state index >= 15 is 0 Å². The molecule has 3 N–H and O–H groups in total. The smallest absolute Gasteiger partial charge is 0.320 e. The maximum atomic E-state index is 13.8. The minimum absolute atomic E-state index is 0.0147. The molecule has 2 unspecified atom stereocenters. The molecule has 6 nitrogen and oxygen atoms in total. The molecule has 1 heterocycles. The molecule has 0 spiro atoms. The van der Waals surface area contributed by atoms with Gasteiger partial charge in [-0.15, -0.1) is 0 Å². The van der Waals surface area contributed by atoms with E-state index < -0.39 is 6.10 Å². The summed E-state index contributed by atoms with van der Waals surface area (Å²) in [6.07, 6.45) is 0.419. The molecule has 1 saturated heterocycles. The third kappa shape index (κ3) is 5.83. The summed E-state index contributed by atoms with van der Waals surface area (Å²) in [7, 11) is 0. The number of carbonyl (C=O) groups excluding carboxylic acids is 1. The van der Waals surface area contributed by atoms with Gasteiger partial charge in [0.2, 0.25) is 0 Å². The molecule has 1 aliphatic rings. The molecule has 2 amide bonds. The Kier molecular flexibility index (Phi) is 7.95. The molecule has 1 fully saturated rings. The average molecular weight is 461 g/mol. The predicted molar refractivity (Wildman–Crippen MR) is 131 cm³/mol. The van der Waals surface area contributed by atoms with Crippen LogP contribution in [0.1, 0.15) is 34.2 Å². The summed E-state index contributed by atoms with van der Waals surface area (Å²) in [6, 6.07) is 24.7. The van der Waals surface area contributed by atoms with Crippen LogP contribution in [0.3, 0.4) is 0 Å². The zero-order valence-corrected chi connectivity index (χ0v) is 19.3. The molecule has 0 aromatic heterocycles. The summed E-state index contributed by atoms with van der Waals surface area (Å²) < 4.78 is 0. The highest BCUT2D eigenvalue weighted by Gasteiger charge is 2.36. The SMILES string of the molecule is O=C1N(Cc2ccc(CO)cc2)CCC(O)C(Cc2ccccc2)N1Cc1ccc(CO)cc1. The monoisotopic (exact) mass is 460 g/mol. The van der Waals surface area contributed by atoms with Gasteiger partial charge < -0.3 is 25.1 Å². The van der Waals surface area contributed by atoms with E-state index in [-0.39, 0.29) is 25.3 Å². The quantitative estimate of drug-likeness (QED) is 0.481. The Morgan fingerprint density at radius 2 is 1.24 bits per heavy atom. The van der Waals surface area contributed by atoms with Crippen molar-refractivity contribution in [1.29, 1.82) is 0 Å². The van der Waals surface area contributed by atoms with Gasteiger partial charge in [0, 0.05) is 19.6 Å². The van der Waals surface area contributed by atoms with Crippen molar-refractivity contribution < 1.29 is 20.1 Å². The molecule has 0 saturated carbocycles. The minimum atomic E-state index is -0.650. The lowest BCUT2D eigenvalue weighted by atomic mass is 9.98. The van der Waals surface area contributed by atoms with Crippen LogP contribution in [0.2, 0.25) is 0 Å². The molecule has 4 rings (SSSR count). The maximum Gasteiger partial charge on any atom is 0.320 e. The third-order valence-electron chi connectivity index (χ3n) is 6.48. The zero-order chi connectivity index (χ0) is 23.9. The zero-order valence-electron chi connectivity index (χ0n) is 19.3. The number of carbonyl (C=O) groups is 1. The fourth-order valence-corrected chi connectivity index (χ4v) is 4.46. The lowest BCUT2D eigenvalue weighted by Gasteiger charge is -2.34. The van der Waals surface area contributed by atoms with Gasteiger partial charge in [-0.2, -0.15) is 0 Å². The van der Waals surface area contributed by atoms with Crippen molar-refractivity contribution in [3.8, 4) is 0 Å². The summed E-state index contributed by atoms with van der Waals surface area (Å²) >= 11 is 0. The minimum Gasteiger partial charge on any atom is -0.392 e. The van der Waals surface area contributed by atoms with Gasteiger partial charge in [-0.1, -0.05) is 78.9 Å². The molecular formula is C28H32N2O4. The molecule has 6 heteroatoms. The van der Waals surface area contributed by atoms with Crippen molar-refractivity contribution in [3.63, 3.8) is 0 Å². The van der Waals surface area contributed by atoms with E-state index in [1.165, 1.54) is 0 Å². The van der Waals surface area contributed by atoms with Crippen LogP contribution < -0.4 is 0 Å². The second kappa shape index (κ2) is 11.3. The molecule has 0 aliphatic carbocycles. The summed E-state index contributed by atoms with van der Waals surface area (Å²) in [5.74, 6) is 0. The summed E-state index contributed by atoms with van der Waals surface area (Å²) in [5.41, 5.74) is 4.66. The van der Waals surface area contributed by atoms with Crippen molar-refractivity contribution >= 4 is 6.03 Å². The van der Waals surface area contributed by atoms with Crippen LogP contribution in [0.5, 0.6) is 0 Å². The first kappa shape index (κ1) is 24.0. The lowest BCUT2D eigenvalue weighted by Crippen LogP contribution is -2.49. The van der Waals surface area contributed by atoms with Crippen molar-refractivity contribution in [2.45, 2.75) is 51.3 Å². The Morgan fingerprint density at radius 3 is 1.79 bits per heavy atom. The highest BCUT2D eigenvalue weighted by molar-refractivity contribution is 5.75. The highest BCUT2D eigenvalue weighted by atomic mass is 16.3. The third-order valence-corrected chi connectivity index (χ3v) is 6.48. The Hall–Kier alpha value is -3.19. The normalized spacial score (nSPS) is 18.7. The summed E-state index contributed by atoms with van der Waals surface area (Å²) in [5, 5.41) is 29.8. The van der Waals surface area contributed by atoms with Crippen molar-refractivity contribution in [2.24, 2.45) is 0 Å². The second-order valence-corrected chi connectivity index (χ2v) is 8.89. The second-order valence-electron chi connectivity index (χ2n) is 8.89. The van der Waals surface area contributed by atoms with E-state index in [9.17, 15) is 20.1 Å². The number of aliphatic hydroxyl groups is 3. The topological polar surface area (TPSA) is 84.2 Å². The van der Waals surface area contributed by atoms with E-state index in [4.69, 9.17) is 0 Å². The van der Waals surface area contributed by atoms with Gasteiger partial charge in [0.15, 0.2) is 0 Å². The number of hydrogen-bond acceptors (Lipinski definition) is 4. The molecule has 1 aliphatic heterocycles. The molecule has 3 aromatic carbocycles. The number of aliphatic hydroxyl groups excluding tert-OH is 3. The largest absolute Gasteiger partial charge is 0.392 e. The van der Waals surface area contributed by atoms with Crippen LogP contribution in [0.15, 0.2) is 78.9 Å². The van der Waals surface area contributed by atoms with Gasteiger partial charge in [0.25, 0.3) is 0 Å². The Labute approximate surface area is 200 Å². The van der Waals surface area contributed by atoms with Gasteiger partial charge in [0.1, 0.15) is 0 Å². The van der Waals surface area contributed by atoms with Crippen LogP contribution in [0, 0.1) is 0 Å². The van der Waals surface area contributed by atoms with E-state index in [0.717, 1.165) is 27.8 Å². The molecular weight excluding hydrogens is 428 g/mol. The Balaban J connectivity index is 1.61. The van der Waals surface area contributed by atoms with Crippen molar-refractivity contribution in [1.82, 2.24) is 9.80 Å². The molecule has 2 atom stereocenters.